The van der Waals surface area contributed by atoms with E-state index in [1.807, 2.05) is 6.07 Å². The van der Waals surface area contributed by atoms with E-state index in [4.69, 9.17) is 22.0 Å². The third-order valence-corrected chi connectivity index (χ3v) is 5.07. The van der Waals surface area contributed by atoms with Gasteiger partial charge in [0.2, 0.25) is 10.0 Å². The molecule has 0 bridgehead atoms. The monoisotopic (exact) mass is 316 g/mol. The molecule has 1 N–H and O–H groups in total. The molecule has 1 aromatic carbocycles. The average Bonchev–Trinajstić information content (AvgIpc) is 2.43. The Morgan fingerprint density at radius 2 is 2.05 bits per heavy atom. The molecule has 5 nitrogen and oxygen atoms in total. The molecule has 0 aliphatic heterocycles. The molecule has 0 aliphatic rings. The SMILES string of the molecule is CN(CCCCCO)S(=O)(=O)c1ccc(C#N)c(Cl)c1. The standard InChI is InChI=1S/C13H17ClN2O3S/c1-16(7-3-2-4-8-17)20(18,19)12-6-5-11(10-15)13(14)9-12/h5-6,9,17H,2-4,7-8H2,1H3. The van der Waals surface area contributed by atoms with Crippen LogP contribution in [0.3, 0.4) is 0 Å². The maximum atomic E-state index is 12.3. The van der Waals surface area contributed by atoms with E-state index in [-0.39, 0.29) is 22.1 Å². The summed E-state index contributed by atoms with van der Waals surface area (Å²) >= 11 is 5.85. The van der Waals surface area contributed by atoms with Crippen molar-refractivity contribution in [2.24, 2.45) is 0 Å². The number of nitrogens with zero attached hydrogens (tertiary/aromatic N) is 2. The molecule has 0 radical (unpaired) electrons. The quantitative estimate of drug-likeness (QED) is 0.780. The molecule has 0 saturated carbocycles. The van der Waals surface area contributed by atoms with Crippen LogP contribution in [0.2, 0.25) is 5.02 Å². The summed E-state index contributed by atoms with van der Waals surface area (Å²) in [6.45, 7) is 0.488. The van der Waals surface area contributed by atoms with Crippen LogP contribution in [0, 0.1) is 11.3 Å². The first-order valence-electron chi connectivity index (χ1n) is 6.20. The lowest BCUT2D eigenvalue weighted by molar-refractivity contribution is 0.281. The van der Waals surface area contributed by atoms with Gasteiger partial charge in [0, 0.05) is 20.2 Å². The Kier molecular flexibility index (Phi) is 6.43. The van der Waals surface area contributed by atoms with E-state index >= 15 is 0 Å². The molecule has 0 spiro atoms. The second-order valence-electron chi connectivity index (χ2n) is 4.36. The second-order valence-corrected chi connectivity index (χ2v) is 6.82. The van der Waals surface area contributed by atoms with Gasteiger partial charge in [-0.15, -0.1) is 0 Å². The Bertz CT molecular complexity index is 596. The zero-order valence-corrected chi connectivity index (χ0v) is 12.8. The molecule has 7 heteroatoms. The molecule has 1 aromatic rings. The molecule has 0 aliphatic carbocycles. The van der Waals surface area contributed by atoms with E-state index in [1.165, 1.54) is 29.6 Å². The molecule has 1 rings (SSSR count). The summed E-state index contributed by atoms with van der Waals surface area (Å²) in [5.41, 5.74) is 0.246. The van der Waals surface area contributed by atoms with E-state index in [2.05, 4.69) is 0 Å². The number of rotatable bonds is 7. The summed E-state index contributed by atoms with van der Waals surface area (Å²) in [5, 5.41) is 17.6. The zero-order valence-electron chi connectivity index (χ0n) is 11.2. The minimum absolute atomic E-state index is 0.0751. The number of hydrogen-bond donors (Lipinski definition) is 1. The van der Waals surface area contributed by atoms with Crippen LogP contribution < -0.4 is 0 Å². The van der Waals surface area contributed by atoms with Crippen molar-refractivity contribution in [3.05, 3.63) is 28.8 Å². The van der Waals surface area contributed by atoms with Gasteiger partial charge in [-0.25, -0.2) is 12.7 Å². The van der Waals surface area contributed by atoms with Crippen molar-refractivity contribution in [2.75, 3.05) is 20.2 Å². The van der Waals surface area contributed by atoms with E-state index in [0.29, 0.717) is 19.4 Å². The summed E-state index contributed by atoms with van der Waals surface area (Å²) in [7, 11) is -2.10. The van der Waals surface area contributed by atoms with Crippen LogP contribution in [0.1, 0.15) is 24.8 Å². The van der Waals surface area contributed by atoms with Crippen molar-refractivity contribution >= 4 is 21.6 Å². The predicted octanol–water partition coefficient (Wildman–Crippen LogP) is 1.99. The fraction of sp³-hybridized carbons (Fsp3) is 0.462. The van der Waals surface area contributed by atoms with Gasteiger partial charge in [0.15, 0.2) is 0 Å². The minimum Gasteiger partial charge on any atom is -0.396 e. The van der Waals surface area contributed by atoms with Crippen LogP contribution in [0.4, 0.5) is 0 Å². The number of hydrogen-bond acceptors (Lipinski definition) is 4. The Balaban J connectivity index is 2.83. The maximum absolute atomic E-state index is 12.3. The molecular formula is C13H17ClN2O3S. The van der Waals surface area contributed by atoms with Crippen LogP contribution in [0.25, 0.3) is 0 Å². The summed E-state index contributed by atoms with van der Waals surface area (Å²) in [6.07, 6.45) is 2.11. The van der Waals surface area contributed by atoms with Gasteiger partial charge in [0.05, 0.1) is 15.5 Å². The molecule has 110 valence electrons. The van der Waals surface area contributed by atoms with Crippen LogP contribution in [0.15, 0.2) is 23.1 Å². The first kappa shape index (κ1) is 16.9. The summed E-state index contributed by atoms with van der Waals surface area (Å²) in [5.74, 6) is 0. The Morgan fingerprint density at radius 3 is 2.60 bits per heavy atom. The van der Waals surface area contributed by atoms with E-state index in [9.17, 15) is 8.42 Å². The van der Waals surface area contributed by atoms with E-state index in [1.54, 1.807) is 0 Å². The highest BCUT2D eigenvalue weighted by molar-refractivity contribution is 7.89. The Labute approximate surface area is 124 Å². The number of benzene rings is 1. The lowest BCUT2D eigenvalue weighted by Crippen LogP contribution is -2.28. The van der Waals surface area contributed by atoms with E-state index < -0.39 is 10.0 Å². The summed E-state index contributed by atoms with van der Waals surface area (Å²) in [4.78, 5) is 0.0751. The highest BCUT2D eigenvalue weighted by Crippen LogP contribution is 2.22. The van der Waals surface area contributed by atoms with Crippen molar-refractivity contribution in [1.29, 1.82) is 5.26 Å². The smallest absolute Gasteiger partial charge is 0.242 e. The highest BCUT2D eigenvalue weighted by atomic mass is 35.5. The average molecular weight is 317 g/mol. The molecule has 0 fully saturated rings. The van der Waals surface area contributed by atoms with Crippen LogP contribution in [-0.4, -0.2) is 38.0 Å². The summed E-state index contributed by atoms with van der Waals surface area (Å²) in [6, 6.07) is 5.96. The van der Waals surface area contributed by atoms with Crippen molar-refractivity contribution < 1.29 is 13.5 Å². The zero-order chi connectivity index (χ0) is 15.2. The first-order valence-corrected chi connectivity index (χ1v) is 8.02. The Morgan fingerprint density at radius 1 is 1.35 bits per heavy atom. The van der Waals surface area contributed by atoms with E-state index in [0.717, 1.165) is 6.42 Å². The van der Waals surface area contributed by atoms with Crippen molar-refractivity contribution in [3.8, 4) is 6.07 Å². The molecule has 0 saturated heterocycles. The van der Waals surface area contributed by atoms with Gasteiger partial charge in [-0.2, -0.15) is 5.26 Å². The van der Waals surface area contributed by atoms with Gasteiger partial charge >= 0.3 is 0 Å². The van der Waals surface area contributed by atoms with Crippen molar-refractivity contribution in [2.45, 2.75) is 24.2 Å². The molecule has 0 unspecified atom stereocenters. The number of halogens is 1. The normalized spacial score (nSPS) is 11.6. The van der Waals surface area contributed by atoms with Gasteiger partial charge in [-0.05, 0) is 37.5 Å². The number of aliphatic hydroxyl groups excluding tert-OH is 1. The minimum atomic E-state index is -3.60. The van der Waals surface area contributed by atoms with Crippen molar-refractivity contribution in [3.63, 3.8) is 0 Å². The number of sulfonamides is 1. The predicted molar refractivity (Wildman–Crippen MR) is 76.9 cm³/mol. The second kappa shape index (κ2) is 7.60. The third-order valence-electron chi connectivity index (χ3n) is 2.90. The van der Waals surface area contributed by atoms with Crippen molar-refractivity contribution in [1.82, 2.24) is 4.31 Å². The molecule has 0 atom stereocenters. The molecular weight excluding hydrogens is 300 g/mol. The molecule has 0 heterocycles. The molecule has 0 amide bonds. The highest BCUT2D eigenvalue weighted by Gasteiger charge is 2.21. The van der Waals surface area contributed by atoms with Gasteiger partial charge in [0.1, 0.15) is 6.07 Å². The fourth-order valence-corrected chi connectivity index (χ4v) is 3.19. The van der Waals surface area contributed by atoms with Gasteiger partial charge in [-0.1, -0.05) is 11.6 Å². The lowest BCUT2D eigenvalue weighted by Gasteiger charge is -2.17. The van der Waals surface area contributed by atoms with Gasteiger partial charge in [0.25, 0.3) is 0 Å². The number of aliphatic hydroxyl groups is 1. The molecule has 20 heavy (non-hydrogen) atoms. The maximum Gasteiger partial charge on any atom is 0.242 e. The van der Waals surface area contributed by atoms with Crippen LogP contribution >= 0.6 is 11.6 Å². The number of nitriles is 1. The largest absolute Gasteiger partial charge is 0.396 e. The first-order chi connectivity index (χ1) is 9.43. The number of unbranched alkanes of at least 4 members (excludes halogenated alkanes) is 2. The van der Waals surface area contributed by atoms with Gasteiger partial charge < -0.3 is 5.11 Å². The van der Waals surface area contributed by atoms with Crippen LogP contribution in [-0.2, 0) is 10.0 Å². The van der Waals surface area contributed by atoms with Gasteiger partial charge in [-0.3, -0.25) is 0 Å². The molecule has 0 aromatic heterocycles. The topological polar surface area (TPSA) is 81.4 Å². The summed E-state index contributed by atoms with van der Waals surface area (Å²) < 4.78 is 25.8. The fourth-order valence-electron chi connectivity index (χ4n) is 1.67. The third kappa shape index (κ3) is 4.18. The Hall–Kier alpha value is -1.13. The van der Waals surface area contributed by atoms with Crippen LogP contribution in [0.5, 0.6) is 0 Å². The lowest BCUT2D eigenvalue weighted by atomic mass is 10.2.